The molecule has 0 radical (unpaired) electrons. The molecule has 0 spiro atoms. The predicted molar refractivity (Wildman–Crippen MR) is 97.7 cm³/mol. The molecule has 0 heterocycles. The van der Waals surface area contributed by atoms with Crippen LogP contribution >= 0.6 is 23.8 Å². The molecule has 0 unspecified atom stereocenters. The van der Waals surface area contributed by atoms with E-state index in [1.165, 1.54) is 18.2 Å². The second-order valence-electron chi connectivity index (χ2n) is 5.13. The summed E-state index contributed by atoms with van der Waals surface area (Å²) in [6.07, 6.45) is 0. The van der Waals surface area contributed by atoms with Crippen LogP contribution in [0, 0.1) is 24.0 Å². The highest BCUT2D eigenvalue weighted by Crippen LogP contribution is 2.27. The zero-order valence-corrected chi connectivity index (χ0v) is 14.5. The number of carbonyl (C=O) groups is 1. The summed E-state index contributed by atoms with van der Waals surface area (Å²) in [7, 11) is 0. The Bertz CT molecular complexity index is 839. The number of hydrogen-bond acceptors (Lipinski definition) is 4. The summed E-state index contributed by atoms with van der Waals surface area (Å²) >= 11 is 10.8. The van der Waals surface area contributed by atoms with Crippen molar-refractivity contribution in [1.82, 2.24) is 5.32 Å². The molecule has 0 saturated carbocycles. The Morgan fingerprint density at radius 2 is 1.88 bits per heavy atom. The molecule has 0 fully saturated rings. The Kier molecular flexibility index (Phi) is 5.48. The van der Waals surface area contributed by atoms with Gasteiger partial charge in [-0.05, 0) is 61.5 Å². The maximum Gasteiger partial charge on any atom is 0.289 e. The molecule has 6 nitrogen and oxygen atoms in total. The molecule has 1 amide bonds. The van der Waals surface area contributed by atoms with Crippen LogP contribution in [0.2, 0.25) is 5.02 Å². The van der Waals surface area contributed by atoms with Gasteiger partial charge in [0, 0.05) is 17.3 Å². The van der Waals surface area contributed by atoms with Gasteiger partial charge in [-0.1, -0.05) is 17.7 Å². The van der Waals surface area contributed by atoms with Crippen LogP contribution in [0.4, 0.5) is 11.4 Å². The van der Waals surface area contributed by atoms with Crippen molar-refractivity contribution in [3.8, 4) is 0 Å². The molecule has 2 aromatic carbocycles. The fourth-order valence-corrected chi connectivity index (χ4v) is 2.35. The number of amides is 1. The van der Waals surface area contributed by atoms with E-state index in [0.717, 1.165) is 11.1 Å². The molecule has 0 aliphatic rings. The van der Waals surface area contributed by atoms with E-state index in [1.54, 1.807) is 12.1 Å². The van der Waals surface area contributed by atoms with Crippen LogP contribution in [0.25, 0.3) is 0 Å². The van der Waals surface area contributed by atoms with Gasteiger partial charge in [0.2, 0.25) is 0 Å². The van der Waals surface area contributed by atoms with E-state index < -0.39 is 4.92 Å². The lowest BCUT2D eigenvalue weighted by Gasteiger charge is -2.10. The predicted octanol–water partition coefficient (Wildman–Crippen LogP) is 3.99. The lowest BCUT2D eigenvalue weighted by atomic mass is 10.1. The first kappa shape index (κ1) is 17.8. The number of carbonyl (C=O) groups excluding carboxylic acids is 1. The molecule has 0 bridgehead atoms. The Labute approximate surface area is 149 Å². The Morgan fingerprint density at radius 3 is 2.50 bits per heavy atom. The van der Waals surface area contributed by atoms with Crippen molar-refractivity contribution in [2.45, 2.75) is 13.8 Å². The molecule has 2 rings (SSSR count). The van der Waals surface area contributed by atoms with Gasteiger partial charge < -0.3 is 5.32 Å². The molecule has 24 heavy (non-hydrogen) atoms. The second-order valence-corrected chi connectivity index (χ2v) is 5.95. The maximum absolute atomic E-state index is 12.2. The third-order valence-electron chi connectivity index (χ3n) is 3.40. The largest absolute Gasteiger partial charge is 0.332 e. The number of nitrogens with one attached hydrogen (secondary N) is 2. The van der Waals surface area contributed by atoms with Crippen LogP contribution in [0.5, 0.6) is 0 Å². The minimum Gasteiger partial charge on any atom is -0.332 e. The van der Waals surface area contributed by atoms with E-state index in [9.17, 15) is 14.9 Å². The topological polar surface area (TPSA) is 84.3 Å². The first-order chi connectivity index (χ1) is 11.3. The number of benzene rings is 2. The van der Waals surface area contributed by atoms with E-state index in [1.807, 2.05) is 19.9 Å². The number of nitro benzene ring substituents is 1. The van der Waals surface area contributed by atoms with Gasteiger partial charge in [-0.25, -0.2) is 0 Å². The standard InChI is InChI=1S/C16H14ClN3O3S/c1-9-3-4-11(7-10(9)2)15(21)19-16(24)18-12-5-6-13(17)14(8-12)20(22)23/h3-8H,1-2H3,(H2,18,19,21,24). The van der Waals surface area contributed by atoms with Crippen molar-refractivity contribution < 1.29 is 9.72 Å². The summed E-state index contributed by atoms with van der Waals surface area (Å²) in [6.45, 7) is 3.87. The number of rotatable bonds is 3. The van der Waals surface area contributed by atoms with Crippen LogP contribution < -0.4 is 10.6 Å². The zero-order chi connectivity index (χ0) is 17.9. The van der Waals surface area contributed by atoms with E-state index in [0.29, 0.717) is 11.3 Å². The Morgan fingerprint density at radius 1 is 1.17 bits per heavy atom. The van der Waals surface area contributed by atoms with Crippen LogP contribution in [0.1, 0.15) is 21.5 Å². The third-order valence-corrected chi connectivity index (χ3v) is 3.92. The van der Waals surface area contributed by atoms with Crippen LogP contribution in [0.3, 0.4) is 0 Å². The van der Waals surface area contributed by atoms with E-state index in [4.69, 9.17) is 23.8 Å². The third kappa shape index (κ3) is 4.27. The highest BCUT2D eigenvalue weighted by atomic mass is 35.5. The summed E-state index contributed by atoms with van der Waals surface area (Å²) in [5.41, 5.74) is 2.67. The minimum atomic E-state index is -0.593. The molecule has 8 heteroatoms. The maximum atomic E-state index is 12.2. The molecule has 124 valence electrons. The van der Waals surface area contributed by atoms with E-state index >= 15 is 0 Å². The lowest BCUT2D eigenvalue weighted by molar-refractivity contribution is -0.384. The number of hydrogen-bond donors (Lipinski definition) is 2. The molecular weight excluding hydrogens is 350 g/mol. The van der Waals surface area contributed by atoms with Crippen molar-refractivity contribution in [2.24, 2.45) is 0 Å². The van der Waals surface area contributed by atoms with Gasteiger partial charge >= 0.3 is 0 Å². The van der Waals surface area contributed by atoms with Gasteiger partial charge in [-0.2, -0.15) is 0 Å². The number of halogens is 1. The summed E-state index contributed by atoms with van der Waals surface area (Å²) in [5.74, 6) is -0.362. The van der Waals surface area contributed by atoms with Gasteiger partial charge in [-0.15, -0.1) is 0 Å². The summed E-state index contributed by atoms with van der Waals surface area (Å²) < 4.78 is 0. The van der Waals surface area contributed by atoms with Crippen molar-refractivity contribution in [2.75, 3.05) is 5.32 Å². The average molecular weight is 364 g/mol. The second kappa shape index (κ2) is 7.37. The van der Waals surface area contributed by atoms with E-state index in [-0.39, 0.29) is 21.7 Å². The van der Waals surface area contributed by atoms with Crippen molar-refractivity contribution >= 4 is 46.2 Å². The van der Waals surface area contributed by atoms with Crippen LogP contribution in [-0.4, -0.2) is 15.9 Å². The number of nitrogens with zero attached hydrogens (tertiary/aromatic N) is 1. The smallest absolute Gasteiger partial charge is 0.289 e. The summed E-state index contributed by atoms with van der Waals surface area (Å²) in [5, 5.41) is 16.2. The van der Waals surface area contributed by atoms with Crippen LogP contribution in [-0.2, 0) is 0 Å². The Balaban J connectivity index is 2.07. The van der Waals surface area contributed by atoms with Crippen molar-refractivity contribution in [3.05, 3.63) is 68.2 Å². The van der Waals surface area contributed by atoms with Gasteiger partial charge in [0.1, 0.15) is 5.02 Å². The molecule has 0 aliphatic heterocycles. The highest BCUT2D eigenvalue weighted by Gasteiger charge is 2.14. The first-order valence-electron chi connectivity index (χ1n) is 6.91. The Hall–Kier alpha value is -2.51. The quantitative estimate of drug-likeness (QED) is 0.489. The molecule has 0 aliphatic carbocycles. The van der Waals surface area contributed by atoms with Crippen molar-refractivity contribution in [3.63, 3.8) is 0 Å². The zero-order valence-electron chi connectivity index (χ0n) is 12.9. The number of anilines is 1. The molecule has 0 aromatic heterocycles. The SMILES string of the molecule is Cc1ccc(C(=O)NC(=S)Nc2ccc(Cl)c([N+](=O)[O-])c2)cc1C. The minimum absolute atomic E-state index is 0.0237. The van der Waals surface area contributed by atoms with E-state index in [2.05, 4.69) is 10.6 Å². The molecule has 2 N–H and O–H groups in total. The summed E-state index contributed by atoms with van der Waals surface area (Å²) in [4.78, 5) is 22.4. The normalized spacial score (nSPS) is 10.1. The highest BCUT2D eigenvalue weighted by molar-refractivity contribution is 7.80. The van der Waals surface area contributed by atoms with Gasteiger partial charge in [0.05, 0.1) is 4.92 Å². The van der Waals surface area contributed by atoms with Crippen LogP contribution in [0.15, 0.2) is 36.4 Å². The fraction of sp³-hybridized carbons (Fsp3) is 0.125. The molecule has 2 aromatic rings. The number of nitro groups is 1. The fourth-order valence-electron chi connectivity index (χ4n) is 1.95. The number of aryl methyl sites for hydroxylation is 2. The summed E-state index contributed by atoms with van der Waals surface area (Å²) in [6, 6.07) is 9.48. The van der Waals surface area contributed by atoms with Gasteiger partial charge in [0.25, 0.3) is 11.6 Å². The monoisotopic (exact) mass is 363 g/mol. The molecular formula is C16H14ClN3O3S. The van der Waals surface area contributed by atoms with Gasteiger partial charge in [-0.3, -0.25) is 20.2 Å². The first-order valence-corrected chi connectivity index (χ1v) is 7.70. The number of thiocarbonyl (C=S) groups is 1. The molecule has 0 saturated heterocycles. The average Bonchev–Trinajstić information content (AvgIpc) is 2.51. The lowest BCUT2D eigenvalue weighted by Crippen LogP contribution is -2.34. The molecule has 0 atom stereocenters. The van der Waals surface area contributed by atoms with Gasteiger partial charge in [0.15, 0.2) is 5.11 Å². The van der Waals surface area contributed by atoms with Crippen molar-refractivity contribution in [1.29, 1.82) is 0 Å².